The Kier molecular flexibility index (Phi) is 7.35. The molecule has 9 heteroatoms. The molecule has 1 saturated heterocycles. The van der Waals surface area contributed by atoms with Crippen LogP contribution in [0.5, 0.6) is 5.75 Å². The van der Waals surface area contributed by atoms with E-state index < -0.39 is 5.97 Å². The van der Waals surface area contributed by atoms with Gasteiger partial charge in [0, 0.05) is 18.8 Å². The van der Waals surface area contributed by atoms with Gasteiger partial charge in [0.05, 0.1) is 30.9 Å². The number of aliphatic hydroxyl groups excluding tert-OH is 1. The zero-order valence-corrected chi connectivity index (χ0v) is 17.2. The van der Waals surface area contributed by atoms with Crippen molar-refractivity contribution in [2.45, 2.75) is 12.8 Å². The molecule has 0 saturated carbocycles. The molecule has 158 valence electrons. The molecule has 0 radical (unpaired) electrons. The number of amides is 1. The fourth-order valence-corrected chi connectivity index (χ4v) is 3.71. The van der Waals surface area contributed by atoms with Gasteiger partial charge < -0.3 is 24.8 Å². The van der Waals surface area contributed by atoms with Crippen LogP contribution in [-0.4, -0.2) is 79.8 Å². The number of halogens is 1. The number of rotatable bonds is 9. The molecule has 2 N–H and O–H groups in total. The third-order valence-electron chi connectivity index (χ3n) is 5.02. The van der Waals surface area contributed by atoms with Gasteiger partial charge in [-0.15, -0.1) is 0 Å². The first-order valence-corrected chi connectivity index (χ1v) is 10.0. The average molecular weight is 424 g/mol. The summed E-state index contributed by atoms with van der Waals surface area (Å²) >= 11 is 6.34. The smallest absolute Gasteiger partial charge is 0.337 e. The highest BCUT2D eigenvalue weighted by Gasteiger charge is 2.34. The number of esters is 1. The lowest BCUT2D eigenvalue weighted by Crippen LogP contribution is -2.31. The molecule has 1 aromatic rings. The molecule has 1 amide bonds. The lowest BCUT2D eigenvalue weighted by Gasteiger charge is -2.16. The van der Waals surface area contributed by atoms with Crippen LogP contribution in [0.2, 0.25) is 5.02 Å². The van der Waals surface area contributed by atoms with Gasteiger partial charge in [0.1, 0.15) is 18.1 Å². The standard InChI is InChI=1S/C20H26ClN3O5/c1-28-20(27)15-13-24(8-10-25)19(26)18(15)22-14-4-5-17(16(21)12-14)29-11-9-23-6-2-3-7-23/h4-5,12,22,25H,2-3,6-11,13H2,1H3. The Balaban J connectivity index is 1.67. The number of likely N-dealkylation sites (tertiary alicyclic amines) is 1. The average Bonchev–Trinajstić information content (AvgIpc) is 3.33. The number of β-amino-alcohol motifs (C(OH)–C–C–N with tert-alkyl or cyclic N) is 1. The number of benzene rings is 1. The van der Waals surface area contributed by atoms with Gasteiger partial charge in [-0.1, -0.05) is 11.6 Å². The number of hydrogen-bond acceptors (Lipinski definition) is 7. The van der Waals surface area contributed by atoms with E-state index in [-0.39, 0.29) is 36.9 Å². The van der Waals surface area contributed by atoms with Gasteiger partial charge in [0.2, 0.25) is 0 Å². The van der Waals surface area contributed by atoms with Crippen molar-refractivity contribution in [2.24, 2.45) is 0 Å². The molecule has 2 aliphatic rings. The van der Waals surface area contributed by atoms with Crippen LogP contribution in [0.1, 0.15) is 12.8 Å². The number of anilines is 1. The highest BCUT2D eigenvalue weighted by molar-refractivity contribution is 6.32. The topological polar surface area (TPSA) is 91.3 Å². The van der Waals surface area contributed by atoms with Crippen LogP contribution in [-0.2, 0) is 14.3 Å². The number of ether oxygens (including phenoxy) is 2. The van der Waals surface area contributed by atoms with Gasteiger partial charge in [-0.3, -0.25) is 9.69 Å². The molecular weight excluding hydrogens is 398 g/mol. The minimum atomic E-state index is -0.589. The van der Waals surface area contributed by atoms with Crippen LogP contribution in [0.4, 0.5) is 5.69 Å². The van der Waals surface area contributed by atoms with Gasteiger partial charge in [-0.2, -0.15) is 0 Å². The van der Waals surface area contributed by atoms with E-state index in [0.29, 0.717) is 23.1 Å². The predicted molar refractivity (Wildman–Crippen MR) is 109 cm³/mol. The molecular formula is C20H26ClN3O5. The number of carbonyl (C=O) groups excluding carboxylic acids is 2. The molecule has 3 rings (SSSR count). The summed E-state index contributed by atoms with van der Waals surface area (Å²) in [6.07, 6.45) is 2.47. The number of nitrogens with one attached hydrogen (secondary N) is 1. The molecule has 0 aliphatic carbocycles. The Labute approximate surface area is 175 Å². The van der Waals surface area contributed by atoms with E-state index in [2.05, 4.69) is 10.2 Å². The summed E-state index contributed by atoms with van der Waals surface area (Å²) in [6.45, 7) is 3.66. The molecule has 0 unspecified atom stereocenters. The van der Waals surface area contributed by atoms with Crippen molar-refractivity contribution in [3.05, 3.63) is 34.5 Å². The molecule has 0 aromatic heterocycles. The van der Waals surface area contributed by atoms with Crippen molar-refractivity contribution < 1.29 is 24.2 Å². The highest BCUT2D eigenvalue weighted by atomic mass is 35.5. The highest BCUT2D eigenvalue weighted by Crippen LogP contribution is 2.30. The molecule has 0 spiro atoms. The van der Waals surface area contributed by atoms with Crippen LogP contribution >= 0.6 is 11.6 Å². The summed E-state index contributed by atoms with van der Waals surface area (Å²) in [5.41, 5.74) is 0.898. The van der Waals surface area contributed by atoms with E-state index in [1.54, 1.807) is 18.2 Å². The van der Waals surface area contributed by atoms with Gasteiger partial charge in [-0.25, -0.2) is 4.79 Å². The van der Waals surface area contributed by atoms with E-state index >= 15 is 0 Å². The second-order valence-corrected chi connectivity index (χ2v) is 7.37. The normalized spacial score (nSPS) is 17.2. The summed E-state index contributed by atoms with van der Waals surface area (Å²) < 4.78 is 10.6. The molecule has 2 heterocycles. The Morgan fingerprint density at radius 1 is 1.28 bits per heavy atom. The Bertz CT molecular complexity index is 792. The predicted octanol–water partition coefficient (Wildman–Crippen LogP) is 1.49. The second-order valence-electron chi connectivity index (χ2n) is 6.96. The third-order valence-corrected chi connectivity index (χ3v) is 5.31. The van der Waals surface area contributed by atoms with E-state index in [9.17, 15) is 9.59 Å². The fraction of sp³-hybridized carbons (Fsp3) is 0.500. The SMILES string of the molecule is COC(=O)C1=C(Nc2ccc(OCCN3CCCC3)c(Cl)c2)C(=O)N(CCO)C1. The summed E-state index contributed by atoms with van der Waals surface area (Å²) in [4.78, 5) is 28.4. The third kappa shape index (κ3) is 5.20. The van der Waals surface area contributed by atoms with Gasteiger partial charge in [0.25, 0.3) is 5.91 Å². The molecule has 0 bridgehead atoms. The van der Waals surface area contributed by atoms with Crippen molar-refractivity contribution in [2.75, 3.05) is 58.4 Å². The largest absolute Gasteiger partial charge is 0.491 e. The molecule has 2 aliphatic heterocycles. The summed E-state index contributed by atoms with van der Waals surface area (Å²) in [5, 5.41) is 12.5. The minimum Gasteiger partial charge on any atom is -0.491 e. The van der Waals surface area contributed by atoms with Crippen LogP contribution < -0.4 is 10.1 Å². The second kappa shape index (κ2) is 9.96. The van der Waals surface area contributed by atoms with Crippen LogP contribution in [0, 0.1) is 0 Å². The van der Waals surface area contributed by atoms with Gasteiger partial charge >= 0.3 is 5.97 Å². The first-order valence-electron chi connectivity index (χ1n) is 9.66. The lowest BCUT2D eigenvalue weighted by molar-refractivity contribution is -0.136. The van der Waals surface area contributed by atoms with Crippen molar-refractivity contribution in [1.29, 1.82) is 0 Å². The molecule has 1 aromatic carbocycles. The Morgan fingerprint density at radius 2 is 2.03 bits per heavy atom. The Morgan fingerprint density at radius 3 is 2.69 bits per heavy atom. The monoisotopic (exact) mass is 423 g/mol. The number of methoxy groups -OCH3 is 1. The zero-order valence-electron chi connectivity index (χ0n) is 16.4. The van der Waals surface area contributed by atoms with Crippen LogP contribution in [0.25, 0.3) is 0 Å². The first kappa shape index (κ1) is 21.4. The van der Waals surface area contributed by atoms with Crippen LogP contribution in [0.3, 0.4) is 0 Å². The minimum absolute atomic E-state index is 0.0832. The van der Waals surface area contributed by atoms with Crippen molar-refractivity contribution in [3.8, 4) is 5.75 Å². The number of nitrogens with zero attached hydrogens (tertiary/aromatic N) is 2. The molecule has 8 nitrogen and oxygen atoms in total. The van der Waals surface area contributed by atoms with Crippen molar-refractivity contribution in [3.63, 3.8) is 0 Å². The number of carbonyl (C=O) groups is 2. The lowest BCUT2D eigenvalue weighted by atomic mass is 10.2. The summed E-state index contributed by atoms with van der Waals surface area (Å²) in [7, 11) is 1.26. The van der Waals surface area contributed by atoms with Crippen LogP contribution in [0.15, 0.2) is 29.5 Å². The van der Waals surface area contributed by atoms with Crippen molar-refractivity contribution in [1.82, 2.24) is 9.80 Å². The van der Waals surface area contributed by atoms with Gasteiger partial charge in [0.15, 0.2) is 0 Å². The van der Waals surface area contributed by atoms with E-state index in [1.165, 1.54) is 24.9 Å². The van der Waals surface area contributed by atoms with E-state index in [0.717, 1.165) is 19.6 Å². The van der Waals surface area contributed by atoms with E-state index in [4.69, 9.17) is 26.2 Å². The first-order chi connectivity index (χ1) is 14.0. The molecule has 0 atom stereocenters. The quantitative estimate of drug-likeness (QED) is 0.581. The van der Waals surface area contributed by atoms with E-state index in [1.807, 2.05) is 0 Å². The van der Waals surface area contributed by atoms with Crippen molar-refractivity contribution >= 4 is 29.2 Å². The maximum Gasteiger partial charge on any atom is 0.337 e. The fourth-order valence-electron chi connectivity index (χ4n) is 3.48. The number of hydrogen-bond donors (Lipinski definition) is 2. The molecule has 29 heavy (non-hydrogen) atoms. The van der Waals surface area contributed by atoms with Gasteiger partial charge in [-0.05, 0) is 44.1 Å². The maximum atomic E-state index is 12.6. The zero-order chi connectivity index (χ0) is 20.8. The Hall–Kier alpha value is -2.29. The number of aliphatic hydroxyl groups is 1. The maximum absolute atomic E-state index is 12.6. The molecule has 1 fully saturated rings. The summed E-state index contributed by atoms with van der Waals surface area (Å²) in [5.74, 6) is -0.394. The summed E-state index contributed by atoms with van der Waals surface area (Å²) in [6, 6.07) is 5.12.